The van der Waals surface area contributed by atoms with E-state index in [9.17, 15) is 4.79 Å². The van der Waals surface area contributed by atoms with Crippen LogP contribution in [0.15, 0.2) is 42.0 Å². The predicted octanol–water partition coefficient (Wildman–Crippen LogP) is 2.42. The number of pyridine rings is 1. The summed E-state index contributed by atoms with van der Waals surface area (Å²) in [7, 11) is 0. The number of carbonyl (C=O) groups is 1. The summed E-state index contributed by atoms with van der Waals surface area (Å²) in [5.74, 6) is -0.0666. The molecule has 2 N–H and O–H groups in total. The maximum Gasteiger partial charge on any atom is 0.212 e. The van der Waals surface area contributed by atoms with Crippen molar-refractivity contribution in [2.75, 3.05) is 6.54 Å². The van der Waals surface area contributed by atoms with Crippen molar-refractivity contribution >= 4 is 27.9 Å². The third-order valence-electron chi connectivity index (χ3n) is 3.07. The van der Waals surface area contributed by atoms with E-state index < -0.39 is 0 Å². The number of hydrogen-bond donors (Lipinski definition) is 1. The van der Waals surface area contributed by atoms with E-state index in [4.69, 9.17) is 5.73 Å². The van der Waals surface area contributed by atoms with Gasteiger partial charge in [-0.1, -0.05) is 18.2 Å². The Morgan fingerprint density at radius 1 is 1.30 bits per heavy atom. The molecule has 0 unspecified atom stereocenters. The standard InChI is InChI=1S/C15H13N3OS/c16-6-4-14-18-13(9-20-14)15(19)11-3-1-2-10-5-7-17-8-12(10)11/h1-3,5,7-9H,4,6,16H2. The lowest BCUT2D eigenvalue weighted by Gasteiger charge is -2.03. The summed E-state index contributed by atoms with van der Waals surface area (Å²) in [4.78, 5) is 21.0. The Bertz CT molecular complexity index is 761. The molecule has 0 aliphatic rings. The number of carbonyl (C=O) groups excluding carboxylic acids is 1. The van der Waals surface area contributed by atoms with Gasteiger partial charge in [0.1, 0.15) is 5.69 Å². The minimum atomic E-state index is -0.0666. The molecule has 20 heavy (non-hydrogen) atoms. The Balaban J connectivity index is 2.03. The van der Waals surface area contributed by atoms with Gasteiger partial charge in [0.25, 0.3) is 0 Å². The quantitative estimate of drug-likeness (QED) is 0.747. The van der Waals surface area contributed by atoms with Gasteiger partial charge in [0.05, 0.1) is 5.01 Å². The SMILES string of the molecule is NCCc1nc(C(=O)c2cccc3ccncc23)cs1. The molecule has 100 valence electrons. The molecule has 0 saturated heterocycles. The van der Waals surface area contributed by atoms with Crippen LogP contribution in [-0.2, 0) is 6.42 Å². The molecule has 3 aromatic rings. The maximum atomic E-state index is 12.6. The second-order valence-electron chi connectivity index (χ2n) is 4.40. The molecule has 4 nitrogen and oxygen atoms in total. The van der Waals surface area contributed by atoms with Crippen molar-refractivity contribution < 1.29 is 4.79 Å². The van der Waals surface area contributed by atoms with Crippen molar-refractivity contribution in [3.05, 3.63) is 58.3 Å². The lowest BCUT2D eigenvalue weighted by molar-refractivity contribution is 0.103. The Hall–Kier alpha value is -2.11. The molecule has 0 aliphatic heterocycles. The van der Waals surface area contributed by atoms with Gasteiger partial charge in [-0.2, -0.15) is 0 Å². The van der Waals surface area contributed by atoms with Crippen LogP contribution < -0.4 is 5.73 Å². The molecule has 0 aliphatic carbocycles. The first-order chi connectivity index (χ1) is 9.79. The summed E-state index contributed by atoms with van der Waals surface area (Å²) in [5, 5.41) is 4.55. The zero-order chi connectivity index (χ0) is 13.9. The smallest absolute Gasteiger partial charge is 0.212 e. The lowest BCUT2D eigenvalue weighted by atomic mass is 10.0. The number of rotatable bonds is 4. The van der Waals surface area contributed by atoms with Crippen LogP contribution in [0.5, 0.6) is 0 Å². The topological polar surface area (TPSA) is 68.9 Å². The molecule has 1 aromatic carbocycles. The number of aromatic nitrogens is 2. The molecular formula is C15H13N3OS. The third-order valence-corrected chi connectivity index (χ3v) is 3.98. The highest BCUT2D eigenvalue weighted by Crippen LogP contribution is 2.21. The van der Waals surface area contributed by atoms with Gasteiger partial charge in [-0.15, -0.1) is 11.3 Å². The monoisotopic (exact) mass is 283 g/mol. The summed E-state index contributed by atoms with van der Waals surface area (Å²) in [6.07, 6.45) is 4.14. The highest BCUT2D eigenvalue weighted by atomic mass is 32.1. The highest BCUT2D eigenvalue weighted by Gasteiger charge is 2.15. The number of thiazole rings is 1. The van der Waals surface area contributed by atoms with Crippen molar-refractivity contribution in [1.82, 2.24) is 9.97 Å². The van der Waals surface area contributed by atoms with Crippen molar-refractivity contribution in [3.8, 4) is 0 Å². The van der Waals surface area contributed by atoms with Gasteiger partial charge in [0.2, 0.25) is 5.78 Å². The van der Waals surface area contributed by atoms with E-state index in [1.165, 1.54) is 11.3 Å². The number of hydrogen-bond acceptors (Lipinski definition) is 5. The van der Waals surface area contributed by atoms with Crippen molar-refractivity contribution in [1.29, 1.82) is 0 Å². The van der Waals surface area contributed by atoms with Gasteiger partial charge in [-0.25, -0.2) is 4.98 Å². The number of nitrogens with two attached hydrogens (primary N) is 1. The van der Waals surface area contributed by atoms with E-state index in [0.717, 1.165) is 15.8 Å². The summed E-state index contributed by atoms with van der Waals surface area (Å²) in [6, 6.07) is 7.55. The summed E-state index contributed by atoms with van der Waals surface area (Å²) in [6.45, 7) is 0.541. The van der Waals surface area contributed by atoms with Crippen LogP contribution in [0.3, 0.4) is 0 Å². The number of ketones is 1. The maximum absolute atomic E-state index is 12.6. The Kier molecular flexibility index (Phi) is 3.54. The molecule has 0 spiro atoms. The van der Waals surface area contributed by atoms with E-state index >= 15 is 0 Å². The minimum absolute atomic E-state index is 0.0666. The van der Waals surface area contributed by atoms with E-state index in [1.807, 2.05) is 24.3 Å². The molecule has 0 saturated carbocycles. The fraction of sp³-hybridized carbons (Fsp3) is 0.133. The van der Waals surface area contributed by atoms with Gasteiger partial charge in [0, 0.05) is 35.1 Å². The van der Waals surface area contributed by atoms with E-state index in [1.54, 1.807) is 17.8 Å². The summed E-state index contributed by atoms with van der Waals surface area (Å²) >= 11 is 1.47. The molecule has 5 heteroatoms. The van der Waals surface area contributed by atoms with Gasteiger partial charge in [0.15, 0.2) is 0 Å². The van der Waals surface area contributed by atoms with Crippen LogP contribution in [-0.4, -0.2) is 22.3 Å². The van der Waals surface area contributed by atoms with Crippen LogP contribution in [0.2, 0.25) is 0 Å². The van der Waals surface area contributed by atoms with E-state index in [0.29, 0.717) is 24.2 Å². The van der Waals surface area contributed by atoms with E-state index in [-0.39, 0.29) is 5.78 Å². The zero-order valence-corrected chi connectivity index (χ0v) is 11.6. The average molecular weight is 283 g/mol. The fourth-order valence-electron chi connectivity index (χ4n) is 2.10. The van der Waals surface area contributed by atoms with Gasteiger partial charge < -0.3 is 5.73 Å². The molecule has 2 heterocycles. The first kappa shape index (κ1) is 12.9. The molecule has 0 atom stereocenters. The number of nitrogens with zero attached hydrogens (tertiary/aromatic N) is 2. The molecule has 3 rings (SSSR count). The third kappa shape index (κ3) is 2.33. The first-order valence-corrected chi connectivity index (χ1v) is 7.19. The van der Waals surface area contributed by atoms with Crippen LogP contribution in [0.25, 0.3) is 10.8 Å². The van der Waals surface area contributed by atoms with Crippen LogP contribution in [0.4, 0.5) is 0 Å². The van der Waals surface area contributed by atoms with Gasteiger partial charge >= 0.3 is 0 Å². The first-order valence-electron chi connectivity index (χ1n) is 6.31. The molecular weight excluding hydrogens is 270 g/mol. The van der Waals surface area contributed by atoms with E-state index in [2.05, 4.69) is 9.97 Å². The van der Waals surface area contributed by atoms with Gasteiger partial charge in [-0.05, 0) is 18.0 Å². The second-order valence-corrected chi connectivity index (χ2v) is 5.34. The van der Waals surface area contributed by atoms with Gasteiger partial charge in [-0.3, -0.25) is 9.78 Å². The van der Waals surface area contributed by atoms with Crippen molar-refractivity contribution in [2.45, 2.75) is 6.42 Å². The Morgan fingerprint density at radius 2 is 2.20 bits per heavy atom. The van der Waals surface area contributed by atoms with Crippen LogP contribution in [0, 0.1) is 0 Å². The highest BCUT2D eigenvalue weighted by molar-refractivity contribution is 7.09. The zero-order valence-electron chi connectivity index (χ0n) is 10.7. The largest absolute Gasteiger partial charge is 0.330 e. The second kappa shape index (κ2) is 5.48. The average Bonchev–Trinajstić information content (AvgIpc) is 2.95. The number of fused-ring (bicyclic) bond motifs is 1. The van der Waals surface area contributed by atoms with Crippen molar-refractivity contribution in [3.63, 3.8) is 0 Å². The molecule has 0 radical (unpaired) electrons. The molecule has 0 bridgehead atoms. The lowest BCUT2D eigenvalue weighted by Crippen LogP contribution is -2.05. The summed E-state index contributed by atoms with van der Waals surface area (Å²) < 4.78 is 0. The molecule has 0 fully saturated rings. The minimum Gasteiger partial charge on any atom is -0.330 e. The Labute approximate surface area is 120 Å². The number of benzene rings is 1. The Morgan fingerprint density at radius 3 is 3.05 bits per heavy atom. The predicted molar refractivity (Wildman–Crippen MR) is 80.0 cm³/mol. The molecule has 2 aromatic heterocycles. The van der Waals surface area contributed by atoms with Crippen molar-refractivity contribution in [2.24, 2.45) is 5.73 Å². The van der Waals surface area contributed by atoms with Crippen LogP contribution >= 0.6 is 11.3 Å². The normalized spacial score (nSPS) is 10.8. The fourth-order valence-corrected chi connectivity index (χ4v) is 2.90. The summed E-state index contributed by atoms with van der Waals surface area (Å²) in [5.41, 5.74) is 6.63. The molecule has 0 amide bonds. The van der Waals surface area contributed by atoms with Crippen LogP contribution in [0.1, 0.15) is 21.1 Å².